The minimum Gasteiger partial charge on any atom is -0.433 e. The summed E-state index contributed by atoms with van der Waals surface area (Å²) >= 11 is 0. The van der Waals surface area contributed by atoms with E-state index in [9.17, 15) is 0 Å². The van der Waals surface area contributed by atoms with Crippen molar-refractivity contribution in [3.63, 3.8) is 0 Å². The summed E-state index contributed by atoms with van der Waals surface area (Å²) < 4.78 is 5.36. The first-order chi connectivity index (χ1) is 6.29. The lowest BCUT2D eigenvalue weighted by molar-refractivity contribution is 0.275. The summed E-state index contributed by atoms with van der Waals surface area (Å²) in [6.07, 6.45) is 0. The van der Waals surface area contributed by atoms with E-state index in [2.05, 4.69) is 4.90 Å². The minimum absolute atomic E-state index is 0.738. The molecule has 0 amide bonds. The van der Waals surface area contributed by atoms with Gasteiger partial charge in [0.05, 0.1) is 0 Å². The van der Waals surface area contributed by atoms with E-state index in [1.807, 2.05) is 44.4 Å². The summed E-state index contributed by atoms with van der Waals surface area (Å²) in [7, 11) is 5.86. The van der Waals surface area contributed by atoms with E-state index < -0.39 is 0 Å². The van der Waals surface area contributed by atoms with Crippen LogP contribution in [0.2, 0.25) is 0 Å². The lowest BCUT2D eigenvalue weighted by Crippen LogP contribution is -2.23. The fraction of sp³-hybridized carbons (Fsp3) is 0.400. The molecule has 0 atom stereocenters. The first kappa shape index (κ1) is 10.3. The van der Waals surface area contributed by atoms with Crippen molar-refractivity contribution < 1.29 is 4.65 Å². The van der Waals surface area contributed by atoms with Crippen LogP contribution in [0.1, 0.15) is 0 Å². The summed E-state index contributed by atoms with van der Waals surface area (Å²) in [5.74, 6) is 0. The van der Waals surface area contributed by atoms with Crippen molar-refractivity contribution in [1.82, 2.24) is 4.90 Å². The molecule has 0 aromatic heterocycles. The SMILES string of the molecule is CN(C)CCO[B]c1ccccc1. The van der Waals surface area contributed by atoms with Gasteiger partial charge < -0.3 is 9.55 Å². The average molecular weight is 176 g/mol. The van der Waals surface area contributed by atoms with E-state index in [0.29, 0.717) is 0 Å². The molecule has 1 aromatic carbocycles. The Morgan fingerprint density at radius 3 is 2.54 bits per heavy atom. The van der Waals surface area contributed by atoms with Crippen molar-refractivity contribution in [2.45, 2.75) is 0 Å². The second-order valence-electron chi connectivity index (χ2n) is 3.20. The molecule has 69 valence electrons. The third-order valence-electron chi connectivity index (χ3n) is 1.68. The van der Waals surface area contributed by atoms with Crippen molar-refractivity contribution in [1.29, 1.82) is 0 Å². The standard InChI is InChI=1S/C10H15BNO/c1-12(2)8-9-13-11-10-6-4-3-5-7-10/h3-7H,8-9H2,1-2H3. The van der Waals surface area contributed by atoms with Crippen LogP contribution in [-0.2, 0) is 4.65 Å². The van der Waals surface area contributed by atoms with Gasteiger partial charge in [-0.25, -0.2) is 0 Å². The zero-order chi connectivity index (χ0) is 9.52. The zero-order valence-corrected chi connectivity index (χ0v) is 8.23. The molecule has 0 unspecified atom stereocenters. The third-order valence-corrected chi connectivity index (χ3v) is 1.68. The van der Waals surface area contributed by atoms with Gasteiger partial charge in [0, 0.05) is 13.2 Å². The Kier molecular flexibility index (Phi) is 4.58. The van der Waals surface area contributed by atoms with E-state index in [0.717, 1.165) is 18.6 Å². The third kappa shape index (κ3) is 4.71. The second kappa shape index (κ2) is 5.78. The molecule has 3 heteroatoms. The minimum atomic E-state index is 0.738. The first-order valence-corrected chi connectivity index (χ1v) is 4.43. The maximum atomic E-state index is 5.36. The largest absolute Gasteiger partial charge is 0.433 e. The molecule has 0 fully saturated rings. The molecule has 0 N–H and O–H groups in total. The smallest absolute Gasteiger partial charge is 0.330 e. The monoisotopic (exact) mass is 176 g/mol. The highest BCUT2D eigenvalue weighted by Crippen LogP contribution is 1.82. The van der Waals surface area contributed by atoms with Crippen molar-refractivity contribution in [2.24, 2.45) is 0 Å². The number of hydrogen-bond acceptors (Lipinski definition) is 2. The predicted octanol–water partition coefficient (Wildman–Crippen LogP) is 0.509. The zero-order valence-electron chi connectivity index (χ0n) is 8.23. The molecule has 0 aliphatic carbocycles. The highest BCUT2D eigenvalue weighted by molar-refractivity contribution is 6.46. The van der Waals surface area contributed by atoms with Gasteiger partial charge in [-0.3, -0.25) is 0 Å². The molecular weight excluding hydrogens is 161 g/mol. The van der Waals surface area contributed by atoms with Crippen LogP contribution in [0.4, 0.5) is 0 Å². The van der Waals surface area contributed by atoms with Crippen molar-refractivity contribution in [2.75, 3.05) is 27.2 Å². The molecule has 0 bridgehead atoms. The normalized spacial score (nSPS) is 10.4. The maximum absolute atomic E-state index is 5.36. The summed E-state index contributed by atoms with van der Waals surface area (Å²) in [5, 5.41) is 0. The molecule has 1 radical (unpaired) electrons. The number of benzene rings is 1. The van der Waals surface area contributed by atoms with Gasteiger partial charge >= 0.3 is 7.48 Å². The summed E-state index contributed by atoms with van der Waals surface area (Å²) in [5.41, 5.74) is 1.11. The van der Waals surface area contributed by atoms with Crippen molar-refractivity contribution in [3.05, 3.63) is 30.3 Å². The van der Waals surface area contributed by atoms with Gasteiger partial charge in [-0.15, -0.1) is 0 Å². The Hall–Kier alpha value is -0.795. The van der Waals surface area contributed by atoms with E-state index >= 15 is 0 Å². The second-order valence-corrected chi connectivity index (χ2v) is 3.20. The Morgan fingerprint density at radius 1 is 1.23 bits per heavy atom. The summed E-state index contributed by atoms with van der Waals surface area (Å²) in [6.45, 7) is 1.69. The Bertz CT molecular complexity index is 226. The van der Waals surface area contributed by atoms with E-state index in [1.54, 1.807) is 7.48 Å². The summed E-state index contributed by atoms with van der Waals surface area (Å²) in [4.78, 5) is 2.10. The molecule has 1 rings (SSSR count). The van der Waals surface area contributed by atoms with Crippen molar-refractivity contribution >= 4 is 12.9 Å². The lowest BCUT2D eigenvalue weighted by Gasteiger charge is -2.09. The highest BCUT2D eigenvalue weighted by Gasteiger charge is 1.95. The van der Waals surface area contributed by atoms with E-state index in [1.165, 1.54) is 0 Å². The van der Waals surface area contributed by atoms with Gasteiger partial charge in [-0.2, -0.15) is 0 Å². The van der Waals surface area contributed by atoms with E-state index in [-0.39, 0.29) is 0 Å². The number of hydrogen-bond donors (Lipinski definition) is 0. The summed E-state index contributed by atoms with van der Waals surface area (Å²) in [6, 6.07) is 10.0. The van der Waals surface area contributed by atoms with Gasteiger partial charge in [0.25, 0.3) is 0 Å². The van der Waals surface area contributed by atoms with Crippen LogP contribution in [0.15, 0.2) is 30.3 Å². The number of rotatable bonds is 5. The van der Waals surface area contributed by atoms with Crippen LogP contribution in [0.5, 0.6) is 0 Å². The fourth-order valence-electron chi connectivity index (χ4n) is 0.922. The van der Waals surface area contributed by atoms with Gasteiger partial charge in [0.2, 0.25) is 0 Å². The molecule has 0 spiro atoms. The Balaban J connectivity index is 2.13. The molecule has 13 heavy (non-hydrogen) atoms. The molecule has 0 aliphatic rings. The molecule has 0 saturated carbocycles. The molecule has 2 nitrogen and oxygen atoms in total. The van der Waals surface area contributed by atoms with E-state index in [4.69, 9.17) is 4.65 Å². The van der Waals surface area contributed by atoms with Crippen LogP contribution in [0.3, 0.4) is 0 Å². The molecule has 0 aliphatic heterocycles. The topological polar surface area (TPSA) is 12.5 Å². The molecule has 1 aromatic rings. The predicted molar refractivity (Wildman–Crippen MR) is 56.3 cm³/mol. The van der Waals surface area contributed by atoms with Gasteiger partial charge in [0.1, 0.15) is 0 Å². The van der Waals surface area contributed by atoms with Gasteiger partial charge in [0.15, 0.2) is 0 Å². The Labute approximate surface area is 80.8 Å². The quantitative estimate of drug-likeness (QED) is 0.478. The number of nitrogens with zero attached hydrogens (tertiary/aromatic N) is 1. The highest BCUT2D eigenvalue weighted by atomic mass is 16.4. The van der Waals surface area contributed by atoms with Crippen LogP contribution in [0.25, 0.3) is 0 Å². The number of likely N-dealkylation sites (N-methyl/N-ethyl adjacent to an activating group) is 1. The average Bonchev–Trinajstić information content (AvgIpc) is 2.14. The molecule has 0 saturated heterocycles. The van der Waals surface area contributed by atoms with Gasteiger partial charge in [-0.05, 0) is 14.1 Å². The Morgan fingerprint density at radius 2 is 1.92 bits per heavy atom. The molecular formula is C10H15BNO. The van der Waals surface area contributed by atoms with Gasteiger partial charge in [-0.1, -0.05) is 35.8 Å². The fourth-order valence-corrected chi connectivity index (χ4v) is 0.922. The first-order valence-electron chi connectivity index (χ1n) is 4.43. The van der Waals surface area contributed by atoms with Crippen LogP contribution >= 0.6 is 0 Å². The van der Waals surface area contributed by atoms with Crippen LogP contribution in [-0.4, -0.2) is 39.6 Å². The van der Waals surface area contributed by atoms with Crippen LogP contribution in [0, 0.1) is 0 Å². The van der Waals surface area contributed by atoms with Crippen LogP contribution < -0.4 is 5.46 Å². The van der Waals surface area contributed by atoms with Crippen molar-refractivity contribution in [3.8, 4) is 0 Å². The lowest BCUT2D eigenvalue weighted by atomic mass is 9.88. The molecule has 0 heterocycles. The maximum Gasteiger partial charge on any atom is 0.330 e.